The lowest BCUT2D eigenvalue weighted by Crippen LogP contribution is -2.28. The number of hydrogen-bond donors (Lipinski definition) is 2. The van der Waals surface area contributed by atoms with E-state index in [1.807, 2.05) is 0 Å². The monoisotopic (exact) mass is 321 g/mol. The van der Waals surface area contributed by atoms with Gasteiger partial charge in [-0.3, -0.25) is 9.35 Å². The zero-order valence-corrected chi connectivity index (χ0v) is 14.1. The van der Waals surface area contributed by atoms with E-state index in [4.69, 9.17) is 4.55 Å². The number of carbonyl (C=O) groups is 1. The Labute approximate surface area is 129 Å². The SMILES string of the molecule is CCCCCCCCCCCCC(=O)NCCS(=O)(=O)O. The van der Waals surface area contributed by atoms with Gasteiger partial charge in [0.05, 0.1) is 5.75 Å². The summed E-state index contributed by atoms with van der Waals surface area (Å²) in [5, 5.41) is 2.49. The molecule has 0 rings (SSSR count). The van der Waals surface area contributed by atoms with E-state index in [0.717, 1.165) is 19.3 Å². The molecule has 0 saturated heterocycles. The Balaban J connectivity index is 3.25. The summed E-state index contributed by atoms with van der Waals surface area (Å²) in [7, 11) is -3.98. The third-order valence-corrected chi connectivity index (χ3v) is 4.16. The van der Waals surface area contributed by atoms with Gasteiger partial charge in [-0.2, -0.15) is 8.42 Å². The molecule has 0 atom stereocenters. The molecule has 0 heterocycles. The van der Waals surface area contributed by atoms with Crippen molar-refractivity contribution in [1.29, 1.82) is 0 Å². The molecule has 0 bridgehead atoms. The highest BCUT2D eigenvalue weighted by molar-refractivity contribution is 7.85. The zero-order chi connectivity index (χ0) is 16.0. The Kier molecular flexibility index (Phi) is 12.7. The predicted molar refractivity (Wildman–Crippen MR) is 85.9 cm³/mol. The highest BCUT2D eigenvalue weighted by Gasteiger charge is 2.06. The van der Waals surface area contributed by atoms with Crippen LogP contribution in [-0.4, -0.2) is 31.2 Å². The van der Waals surface area contributed by atoms with E-state index < -0.39 is 15.9 Å². The van der Waals surface area contributed by atoms with E-state index >= 15 is 0 Å². The van der Waals surface area contributed by atoms with Gasteiger partial charge < -0.3 is 5.32 Å². The lowest BCUT2D eigenvalue weighted by atomic mass is 10.1. The third kappa shape index (κ3) is 17.3. The van der Waals surface area contributed by atoms with Gasteiger partial charge in [0, 0.05) is 13.0 Å². The average Bonchev–Trinajstić information content (AvgIpc) is 2.39. The van der Waals surface area contributed by atoms with E-state index in [9.17, 15) is 13.2 Å². The summed E-state index contributed by atoms with van der Waals surface area (Å²) in [4.78, 5) is 11.4. The molecular weight excluding hydrogens is 290 g/mol. The molecule has 0 aromatic rings. The van der Waals surface area contributed by atoms with Crippen LogP contribution >= 0.6 is 0 Å². The van der Waals surface area contributed by atoms with Gasteiger partial charge in [-0.05, 0) is 6.42 Å². The van der Waals surface area contributed by atoms with Crippen LogP contribution in [0.4, 0.5) is 0 Å². The molecule has 126 valence electrons. The van der Waals surface area contributed by atoms with Crippen molar-refractivity contribution in [2.45, 2.75) is 77.6 Å². The Morgan fingerprint density at radius 2 is 1.38 bits per heavy atom. The molecule has 0 aliphatic heterocycles. The van der Waals surface area contributed by atoms with E-state index in [0.29, 0.717) is 6.42 Å². The van der Waals surface area contributed by atoms with Crippen molar-refractivity contribution in [3.05, 3.63) is 0 Å². The quantitative estimate of drug-likeness (QED) is 0.380. The summed E-state index contributed by atoms with van der Waals surface area (Å²) >= 11 is 0. The highest BCUT2D eigenvalue weighted by atomic mass is 32.2. The lowest BCUT2D eigenvalue weighted by Gasteiger charge is -2.04. The fourth-order valence-corrected chi connectivity index (χ4v) is 2.54. The summed E-state index contributed by atoms with van der Waals surface area (Å²) in [6.45, 7) is 2.20. The minimum atomic E-state index is -3.98. The van der Waals surface area contributed by atoms with Crippen molar-refractivity contribution in [2.24, 2.45) is 0 Å². The summed E-state index contributed by atoms with van der Waals surface area (Å²) in [6.07, 6.45) is 12.6. The van der Waals surface area contributed by atoms with Crippen LogP contribution in [0.1, 0.15) is 77.6 Å². The first-order valence-corrected chi connectivity index (χ1v) is 9.78. The van der Waals surface area contributed by atoms with Crippen molar-refractivity contribution in [2.75, 3.05) is 12.3 Å². The molecule has 2 N–H and O–H groups in total. The molecule has 0 aliphatic carbocycles. The van der Waals surface area contributed by atoms with Crippen LogP contribution in [0.3, 0.4) is 0 Å². The molecule has 0 fully saturated rings. The van der Waals surface area contributed by atoms with E-state index in [1.54, 1.807) is 0 Å². The molecule has 0 saturated carbocycles. The minimum absolute atomic E-state index is 0.0184. The largest absolute Gasteiger partial charge is 0.355 e. The fourth-order valence-electron chi connectivity index (χ4n) is 2.18. The Morgan fingerprint density at radius 3 is 1.86 bits per heavy atom. The van der Waals surface area contributed by atoms with Crippen molar-refractivity contribution < 1.29 is 17.8 Å². The summed E-state index contributed by atoms with van der Waals surface area (Å²) in [5.41, 5.74) is 0. The lowest BCUT2D eigenvalue weighted by molar-refractivity contribution is -0.121. The maximum Gasteiger partial charge on any atom is 0.266 e. The van der Waals surface area contributed by atoms with E-state index in [1.165, 1.54) is 44.9 Å². The predicted octanol–water partition coefficient (Wildman–Crippen LogP) is 3.30. The van der Waals surface area contributed by atoms with Gasteiger partial charge in [0.1, 0.15) is 0 Å². The molecule has 0 spiro atoms. The molecule has 0 radical (unpaired) electrons. The van der Waals surface area contributed by atoms with Crippen LogP contribution in [0.15, 0.2) is 0 Å². The van der Waals surface area contributed by atoms with Crippen LogP contribution < -0.4 is 5.32 Å². The fraction of sp³-hybridized carbons (Fsp3) is 0.933. The Hall–Kier alpha value is -0.620. The maximum absolute atomic E-state index is 11.4. The first-order valence-electron chi connectivity index (χ1n) is 8.17. The Morgan fingerprint density at radius 1 is 0.905 bits per heavy atom. The number of unbranched alkanes of at least 4 members (excludes halogenated alkanes) is 9. The van der Waals surface area contributed by atoms with Gasteiger partial charge in [0.2, 0.25) is 5.91 Å². The number of rotatable bonds is 14. The second-order valence-electron chi connectivity index (χ2n) is 5.57. The smallest absolute Gasteiger partial charge is 0.266 e. The van der Waals surface area contributed by atoms with Gasteiger partial charge in [-0.25, -0.2) is 0 Å². The van der Waals surface area contributed by atoms with Crippen LogP contribution in [0, 0.1) is 0 Å². The van der Waals surface area contributed by atoms with E-state index in [2.05, 4.69) is 12.2 Å². The van der Waals surface area contributed by atoms with Crippen LogP contribution in [0.25, 0.3) is 0 Å². The van der Waals surface area contributed by atoms with Gasteiger partial charge >= 0.3 is 0 Å². The third-order valence-electron chi connectivity index (χ3n) is 3.44. The highest BCUT2D eigenvalue weighted by Crippen LogP contribution is 2.11. The van der Waals surface area contributed by atoms with Crippen LogP contribution in [0.5, 0.6) is 0 Å². The first-order chi connectivity index (χ1) is 9.95. The normalized spacial score (nSPS) is 11.5. The van der Waals surface area contributed by atoms with Crippen molar-refractivity contribution >= 4 is 16.0 Å². The van der Waals surface area contributed by atoms with Gasteiger partial charge in [-0.15, -0.1) is 0 Å². The molecule has 0 aromatic heterocycles. The van der Waals surface area contributed by atoms with Gasteiger partial charge in [0.25, 0.3) is 10.1 Å². The van der Waals surface area contributed by atoms with Gasteiger partial charge in [-0.1, -0.05) is 64.7 Å². The molecule has 6 heteroatoms. The number of carbonyl (C=O) groups excluding carboxylic acids is 1. The van der Waals surface area contributed by atoms with Gasteiger partial charge in [0.15, 0.2) is 0 Å². The first kappa shape index (κ1) is 20.4. The molecule has 21 heavy (non-hydrogen) atoms. The summed E-state index contributed by atoms with van der Waals surface area (Å²) < 4.78 is 29.4. The number of amides is 1. The van der Waals surface area contributed by atoms with E-state index in [-0.39, 0.29) is 12.5 Å². The minimum Gasteiger partial charge on any atom is -0.355 e. The molecule has 5 nitrogen and oxygen atoms in total. The molecule has 0 unspecified atom stereocenters. The summed E-state index contributed by atoms with van der Waals surface area (Å²) in [5.74, 6) is -0.560. The second kappa shape index (κ2) is 13.1. The second-order valence-corrected chi connectivity index (χ2v) is 7.14. The van der Waals surface area contributed by atoms with Crippen LogP contribution in [-0.2, 0) is 14.9 Å². The zero-order valence-electron chi connectivity index (χ0n) is 13.3. The maximum atomic E-state index is 11.4. The molecule has 0 aliphatic rings. The number of hydrogen-bond acceptors (Lipinski definition) is 3. The standard InChI is InChI=1S/C15H31NO4S/c1-2-3-4-5-6-7-8-9-10-11-12-15(17)16-13-14-21(18,19)20/h2-14H2,1H3,(H,16,17)(H,18,19,20). The topological polar surface area (TPSA) is 83.5 Å². The molecule has 1 amide bonds. The van der Waals surface area contributed by atoms with Crippen molar-refractivity contribution in [3.8, 4) is 0 Å². The van der Waals surface area contributed by atoms with Crippen LogP contribution in [0.2, 0.25) is 0 Å². The van der Waals surface area contributed by atoms with Crippen molar-refractivity contribution in [1.82, 2.24) is 5.32 Å². The molecule has 0 aromatic carbocycles. The Bertz CT molecular complexity index is 355. The molecular formula is C15H31NO4S. The summed E-state index contributed by atoms with van der Waals surface area (Å²) in [6, 6.07) is 0. The average molecular weight is 321 g/mol. The number of nitrogens with one attached hydrogen (secondary N) is 1. The van der Waals surface area contributed by atoms with Crippen molar-refractivity contribution in [3.63, 3.8) is 0 Å².